The van der Waals surface area contributed by atoms with Crippen LogP contribution >= 0.6 is 11.8 Å². The van der Waals surface area contributed by atoms with Crippen LogP contribution in [0, 0.1) is 0 Å². The zero-order valence-electron chi connectivity index (χ0n) is 12.5. The van der Waals surface area contributed by atoms with E-state index >= 15 is 0 Å². The first kappa shape index (κ1) is 19.0. The number of alkyl carbamates (subject to hydrolysis) is 1. The lowest BCUT2D eigenvalue weighted by Gasteiger charge is -2.22. The standard InChI is InChI=1S/C12H23NO6S/c1-12(2,3)19-11(16)13-8(10(14)15)6-20-7-9(17-4)18-5/h8-9H,6-7H2,1-5H3,(H,13,16)(H,14,15). The normalized spacial score (nSPS) is 13.1. The van der Waals surface area contributed by atoms with E-state index in [9.17, 15) is 9.59 Å². The number of rotatable bonds is 8. The van der Waals surface area contributed by atoms with Gasteiger partial charge in [0.2, 0.25) is 0 Å². The summed E-state index contributed by atoms with van der Waals surface area (Å²) in [6.45, 7) is 5.12. The van der Waals surface area contributed by atoms with Crippen molar-refractivity contribution in [2.24, 2.45) is 0 Å². The van der Waals surface area contributed by atoms with Crippen LogP contribution in [0.5, 0.6) is 0 Å². The second-order valence-corrected chi connectivity index (χ2v) is 6.05. The molecule has 118 valence electrons. The molecule has 2 N–H and O–H groups in total. The fourth-order valence-corrected chi connectivity index (χ4v) is 2.20. The number of carboxylic acid groups (broad SMARTS) is 1. The van der Waals surface area contributed by atoms with Gasteiger partial charge in [-0.15, -0.1) is 0 Å². The Balaban J connectivity index is 4.24. The summed E-state index contributed by atoms with van der Waals surface area (Å²) < 4.78 is 15.0. The minimum atomic E-state index is -1.12. The molecule has 7 nitrogen and oxygen atoms in total. The third-order valence-corrected chi connectivity index (χ3v) is 3.13. The van der Waals surface area contributed by atoms with E-state index in [1.807, 2.05) is 0 Å². The van der Waals surface area contributed by atoms with Crippen molar-refractivity contribution >= 4 is 23.8 Å². The number of nitrogens with one attached hydrogen (secondary N) is 1. The van der Waals surface area contributed by atoms with Crippen LogP contribution in [0.2, 0.25) is 0 Å². The molecule has 0 saturated heterocycles. The van der Waals surface area contributed by atoms with Crippen molar-refractivity contribution in [1.29, 1.82) is 0 Å². The van der Waals surface area contributed by atoms with Gasteiger partial charge < -0.3 is 24.6 Å². The van der Waals surface area contributed by atoms with E-state index in [1.165, 1.54) is 26.0 Å². The third kappa shape index (κ3) is 9.00. The zero-order valence-corrected chi connectivity index (χ0v) is 13.3. The molecule has 0 rings (SSSR count). The summed E-state index contributed by atoms with van der Waals surface area (Å²) in [5.74, 6) is -0.459. The van der Waals surface area contributed by atoms with Gasteiger partial charge in [0, 0.05) is 25.7 Å². The number of hydrogen-bond acceptors (Lipinski definition) is 6. The van der Waals surface area contributed by atoms with Gasteiger partial charge in [-0.1, -0.05) is 0 Å². The van der Waals surface area contributed by atoms with E-state index in [2.05, 4.69) is 5.32 Å². The highest BCUT2D eigenvalue weighted by Crippen LogP contribution is 2.10. The number of methoxy groups -OCH3 is 2. The highest BCUT2D eigenvalue weighted by atomic mass is 32.2. The van der Waals surface area contributed by atoms with Gasteiger partial charge in [0.15, 0.2) is 6.29 Å². The van der Waals surface area contributed by atoms with Gasteiger partial charge in [0.1, 0.15) is 11.6 Å². The number of carbonyl (C=O) groups is 2. The van der Waals surface area contributed by atoms with Gasteiger partial charge in [-0.25, -0.2) is 9.59 Å². The van der Waals surface area contributed by atoms with Gasteiger partial charge >= 0.3 is 12.1 Å². The number of hydrogen-bond donors (Lipinski definition) is 2. The molecule has 1 amide bonds. The predicted molar refractivity (Wildman–Crippen MR) is 75.9 cm³/mol. The first-order valence-electron chi connectivity index (χ1n) is 6.05. The van der Waals surface area contributed by atoms with Gasteiger partial charge in [0.25, 0.3) is 0 Å². The van der Waals surface area contributed by atoms with Gasteiger partial charge in [0.05, 0.1) is 0 Å². The molecule has 0 fully saturated rings. The van der Waals surface area contributed by atoms with Crippen LogP contribution in [0.3, 0.4) is 0 Å². The van der Waals surface area contributed by atoms with E-state index in [0.29, 0.717) is 5.75 Å². The summed E-state index contributed by atoms with van der Waals surface area (Å²) in [4.78, 5) is 22.6. The van der Waals surface area contributed by atoms with Gasteiger partial charge in [-0.05, 0) is 20.8 Å². The molecule has 0 aromatic carbocycles. The third-order valence-electron chi connectivity index (χ3n) is 2.05. The first-order valence-corrected chi connectivity index (χ1v) is 7.20. The van der Waals surface area contributed by atoms with E-state index in [0.717, 1.165) is 0 Å². The minimum absolute atomic E-state index is 0.192. The SMILES string of the molecule is COC(CSCC(NC(=O)OC(C)(C)C)C(=O)O)OC. The van der Waals surface area contributed by atoms with Crippen LogP contribution in [-0.4, -0.2) is 60.8 Å². The lowest BCUT2D eigenvalue weighted by atomic mass is 10.2. The number of thioether (sulfide) groups is 1. The molecule has 0 spiro atoms. The van der Waals surface area contributed by atoms with Crippen molar-refractivity contribution in [2.45, 2.75) is 38.7 Å². The van der Waals surface area contributed by atoms with Gasteiger partial charge in [-0.2, -0.15) is 11.8 Å². The molecular weight excluding hydrogens is 286 g/mol. The maximum Gasteiger partial charge on any atom is 0.408 e. The Hall–Kier alpha value is -0.990. The number of ether oxygens (including phenoxy) is 3. The molecule has 0 aromatic heterocycles. The fourth-order valence-electron chi connectivity index (χ4n) is 1.14. The molecule has 1 atom stereocenters. The maximum atomic E-state index is 11.5. The van der Waals surface area contributed by atoms with Gasteiger partial charge in [-0.3, -0.25) is 0 Å². The quantitative estimate of drug-likeness (QED) is 0.653. The fraction of sp³-hybridized carbons (Fsp3) is 0.833. The average molecular weight is 309 g/mol. The topological polar surface area (TPSA) is 94.1 Å². The van der Waals surface area contributed by atoms with Crippen LogP contribution in [0.4, 0.5) is 4.79 Å². The molecule has 1 unspecified atom stereocenters. The van der Waals surface area contributed by atoms with E-state index in [1.54, 1.807) is 20.8 Å². The molecule has 20 heavy (non-hydrogen) atoms. The second-order valence-electron chi connectivity index (χ2n) is 4.98. The first-order chi connectivity index (χ1) is 9.19. The van der Waals surface area contributed by atoms with Crippen molar-refractivity contribution in [1.82, 2.24) is 5.32 Å². The maximum absolute atomic E-state index is 11.5. The molecule has 0 saturated carbocycles. The summed E-state index contributed by atoms with van der Waals surface area (Å²) in [6.07, 6.45) is -1.16. The lowest BCUT2D eigenvalue weighted by molar-refractivity contribution is -0.138. The summed E-state index contributed by atoms with van der Waals surface area (Å²) in [6, 6.07) is -1.02. The zero-order chi connectivity index (χ0) is 15.8. The smallest absolute Gasteiger partial charge is 0.408 e. The molecule has 0 aliphatic heterocycles. The number of carbonyl (C=O) groups excluding carboxylic acids is 1. The van der Waals surface area contributed by atoms with Crippen LogP contribution in [0.15, 0.2) is 0 Å². The second kappa shape index (κ2) is 9.04. The summed E-state index contributed by atoms with van der Waals surface area (Å²) in [7, 11) is 3.00. The Morgan fingerprint density at radius 3 is 2.15 bits per heavy atom. The Morgan fingerprint density at radius 2 is 1.75 bits per heavy atom. The van der Waals surface area contributed by atoms with Crippen molar-refractivity contribution in [2.75, 3.05) is 25.7 Å². The number of carboxylic acids is 1. The van der Waals surface area contributed by atoms with E-state index < -0.39 is 30.0 Å². The molecule has 0 aromatic rings. The largest absolute Gasteiger partial charge is 0.480 e. The van der Waals surface area contributed by atoms with E-state index in [-0.39, 0.29) is 5.75 Å². The van der Waals surface area contributed by atoms with Crippen LogP contribution < -0.4 is 5.32 Å². The highest BCUT2D eigenvalue weighted by Gasteiger charge is 2.24. The van der Waals surface area contributed by atoms with Crippen molar-refractivity contribution in [3.63, 3.8) is 0 Å². The Morgan fingerprint density at radius 1 is 1.20 bits per heavy atom. The number of aliphatic carboxylic acids is 1. The minimum Gasteiger partial charge on any atom is -0.480 e. The summed E-state index contributed by atoms with van der Waals surface area (Å²) in [5, 5.41) is 11.4. The van der Waals surface area contributed by atoms with Crippen molar-refractivity contribution in [3.8, 4) is 0 Å². The Kier molecular flexibility index (Phi) is 8.59. The molecule has 0 aliphatic carbocycles. The Labute approximate surface area is 123 Å². The lowest BCUT2D eigenvalue weighted by Crippen LogP contribution is -2.45. The van der Waals surface area contributed by atoms with Crippen molar-refractivity contribution < 1.29 is 28.9 Å². The van der Waals surface area contributed by atoms with Crippen LogP contribution in [0.1, 0.15) is 20.8 Å². The summed E-state index contributed by atoms with van der Waals surface area (Å²) in [5.41, 5.74) is -0.669. The molecule has 0 radical (unpaired) electrons. The van der Waals surface area contributed by atoms with E-state index in [4.69, 9.17) is 19.3 Å². The number of amides is 1. The predicted octanol–water partition coefficient (Wildman–Crippen LogP) is 1.32. The monoisotopic (exact) mass is 309 g/mol. The molecule has 0 aliphatic rings. The van der Waals surface area contributed by atoms with Crippen LogP contribution in [-0.2, 0) is 19.0 Å². The molecule has 8 heteroatoms. The summed E-state index contributed by atoms with van der Waals surface area (Å²) >= 11 is 1.31. The highest BCUT2D eigenvalue weighted by molar-refractivity contribution is 7.99. The molecule has 0 heterocycles. The molecule has 0 bridgehead atoms. The molecular formula is C12H23NO6S. The Bertz CT molecular complexity index is 314. The average Bonchev–Trinajstić information content (AvgIpc) is 2.30. The van der Waals surface area contributed by atoms with Crippen molar-refractivity contribution in [3.05, 3.63) is 0 Å². The van der Waals surface area contributed by atoms with Crippen LogP contribution in [0.25, 0.3) is 0 Å².